The fourth-order valence-corrected chi connectivity index (χ4v) is 2.32. The van der Waals surface area contributed by atoms with E-state index in [1.54, 1.807) is 30.1 Å². The average molecular weight is 342 g/mol. The maximum absolute atomic E-state index is 12.1. The van der Waals surface area contributed by atoms with Gasteiger partial charge in [0.2, 0.25) is 5.91 Å². The van der Waals surface area contributed by atoms with Crippen molar-refractivity contribution in [3.8, 4) is 0 Å². The molecule has 1 aromatic rings. The predicted molar refractivity (Wildman–Crippen MR) is 84.7 cm³/mol. The van der Waals surface area contributed by atoms with E-state index in [2.05, 4.69) is 0 Å². The molecule has 0 heterocycles. The van der Waals surface area contributed by atoms with Gasteiger partial charge in [0.1, 0.15) is 6.04 Å². The molecule has 1 amide bonds. The quantitative estimate of drug-likeness (QED) is 0.896. The van der Waals surface area contributed by atoms with Gasteiger partial charge in [-0.25, -0.2) is 0 Å². The first-order valence-electron chi connectivity index (χ1n) is 5.84. The first-order valence-corrected chi connectivity index (χ1v) is 6.60. The summed E-state index contributed by atoms with van der Waals surface area (Å²) in [5.41, 5.74) is 6.56. The van der Waals surface area contributed by atoms with Crippen molar-refractivity contribution in [2.24, 2.45) is 5.73 Å². The molecule has 20 heavy (non-hydrogen) atoms. The van der Waals surface area contributed by atoms with E-state index < -0.39 is 6.04 Å². The van der Waals surface area contributed by atoms with Crippen molar-refractivity contribution in [1.29, 1.82) is 0 Å². The van der Waals surface area contributed by atoms with Gasteiger partial charge in [0.15, 0.2) is 0 Å². The Morgan fingerprint density at radius 2 is 2.05 bits per heavy atom. The molecule has 2 unspecified atom stereocenters. The highest BCUT2D eigenvalue weighted by molar-refractivity contribution is 6.35. The lowest BCUT2D eigenvalue weighted by Crippen LogP contribution is -2.45. The Hall–Kier alpha value is -0.520. The summed E-state index contributed by atoms with van der Waals surface area (Å²) in [6.07, 6.45) is 0. The SMILES string of the molecule is COCC(N)C(=O)N(C)C(C)c1ccc(Cl)cc1Cl.Cl. The Kier molecular flexibility index (Phi) is 8.47. The van der Waals surface area contributed by atoms with Crippen LogP contribution < -0.4 is 5.73 Å². The molecule has 114 valence electrons. The first kappa shape index (κ1) is 19.5. The van der Waals surface area contributed by atoms with Crippen LogP contribution in [0.4, 0.5) is 0 Å². The van der Waals surface area contributed by atoms with Crippen LogP contribution in [-0.4, -0.2) is 37.6 Å². The number of hydrogen-bond donors (Lipinski definition) is 1. The third-order valence-corrected chi connectivity index (χ3v) is 3.57. The summed E-state index contributed by atoms with van der Waals surface area (Å²) < 4.78 is 4.88. The number of carbonyl (C=O) groups is 1. The summed E-state index contributed by atoms with van der Waals surface area (Å²) in [6.45, 7) is 2.07. The lowest BCUT2D eigenvalue weighted by Gasteiger charge is -2.28. The van der Waals surface area contributed by atoms with Gasteiger partial charge in [-0.15, -0.1) is 12.4 Å². The van der Waals surface area contributed by atoms with Crippen molar-refractivity contribution in [2.45, 2.75) is 19.0 Å². The molecule has 0 saturated heterocycles. The van der Waals surface area contributed by atoms with Gasteiger partial charge in [-0.2, -0.15) is 0 Å². The highest BCUT2D eigenvalue weighted by Crippen LogP contribution is 2.29. The number of likely N-dealkylation sites (N-methyl/N-ethyl adjacent to an activating group) is 1. The number of halogens is 3. The monoisotopic (exact) mass is 340 g/mol. The van der Waals surface area contributed by atoms with Crippen LogP contribution in [-0.2, 0) is 9.53 Å². The first-order chi connectivity index (χ1) is 8.88. The van der Waals surface area contributed by atoms with Crippen LogP contribution >= 0.6 is 35.6 Å². The van der Waals surface area contributed by atoms with Crippen molar-refractivity contribution >= 4 is 41.5 Å². The largest absolute Gasteiger partial charge is 0.383 e. The molecule has 0 spiro atoms. The summed E-state index contributed by atoms with van der Waals surface area (Å²) in [7, 11) is 3.19. The Labute approximate surface area is 135 Å². The van der Waals surface area contributed by atoms with E-state index in [4.69, 9.17) is 33.7 Å². The second-order valence-electron chi connectivity index (χ2n) is 4.35. The van der Waals surface area contributed by atoms with Gasteiger partial charge < -0.3 is 15.4 Å². The molecule has 0 aromatic heterocycles. The van der Waals surface area contributed by atoms with Crippen LogP contribution in [0.15, 0.2) is 18.2 Å². The summed E-state index contributed by atoms with van der Waals surface area (Å²) in [6, 6.07) is 4.33. The van der Waals surface area contributed by atoms with Crippen LogP contribution in [0.1, 0.15) is 18.5 Å². The topological polar surface area (TPSA) is 55.6 Å². The van der Waals surface area contributed by atoms with E-state index >= 15 is 0 Å². The fraction of sp³-hybridized carbons (Fsp3) is 0.462. The third-order valence-electron chi connectivity index (χ3n) is 3.00. The number of amides is 1. The number of hydrogen-bond acceptors (Lipinski definition) is 3. The predicted octanol–water partition coefficient (Wildman–Crippen LogP) is 2.91. The Morgan fingerprint density at radius 3 is 2.55 bits per heavy atom. The van der Waals surface area contributed by atoms with Crippen LogP contribution in [0.25, 0.3) is 0 Å². The molecule has 0 bridgehead atoms. The number of benzene rings is 1. The molecule has 0 radical (unpaired) electrons. The van der Waals surface area contributed by atoms with Crippen LogP contribution in [0.2, 0.25) is 10.0 Å². The maximum atomic E-state index is 12.1. The molecule has 0 aliphatic heterocycles. The van der Waals surface area contributed by atoms with E-state index in [0.717, 1.165) is 5.56 Å². The summed E-state index contributed by atoms with van der Waals surface area (Å²) in [5.74, 6) is -0.194. The number of methoxy groups -OCH3 is 1. The molecule has 0 aliphatic carbocycles. The van der Waals surface area contributed by atoms with E-state index in [0.29, 0.717) is 10.0 Å². The standard InChI is InChI=1S/C13H18Cl2N2O2.ClH/c1-8(10-5-4-9(14)6-11(10)15)17(2)13(18)12(16)7-19-3;/h4-6,8,12H,7,16H2,1-3H3;1H. The highest BCUT2D eigenvalue weighted by Gasteiger charge is 2.24. The molecule has 7 heteroatoms. The fourth-order valence-electron chi connectivity index (χ4n) is 1.75. The average Bonchev–Trinajstić information content (AvgIpc) is 2.36. The summed E-state index contributed by atoms with van der Waals surface area (Å²) >= 11 is 12.0. The number of nitrogens with zero attached hydrogens (tertiary/aromatic N) is 1. The molecule has 1 rings (SSSR count). The van der Waals surface area contributed by atoms with Gasteiger partial charge in [-0.3, -0.25) is 4.79 Å². The number of ether oxygens (including phenoxy) is 1. The molecule has 4 nitrogen and oxygen atoms in total. The van der Waals surface area contributed by atoms with Crippen LogP contribution in [0.5, 0.6) is 0 Å². The van der Waals surface area contributed by atoms with Crippen LogP contribution in [0.3, 0.4) is 0 Å². The molecule has 0 fully saturated rings. The minimum absolute atomic E-state index is 0. The van der Waals surface area contributed by atoms with Crippen molar-refractivity contribution < 1.29 is 9.53 Å². The minimum Gasteiger partial charge on any atom is -0.383 e. The highest BCUT2D eigenvalue weighted by atomic mass is 35.5. The number of rotatable bonds is 5. The van der Waals surface area contributed by atoms with Crippen molar-refractivity contribution in [2.75, 3.05) is 20.8 Å². The van der Waals surface area contributed by atoms with Crippen molar-refractivity contribution in [1.82, 2.24) is 4.90 Å². The summed E-state index contributed by atoms with van der Waals surface area (Å²) in [5, 5.41) is 1.09. The van der Waals surface area contributed by atoms with Gasteiger partial charge >= 0.3 is 0 Å². The van der Waals surface area contributed by atoms with Crippen molar-refractivity contribution in [3.63, 3.8) is 0 Å². The van der Waals surface area contributed by atoms with Gasteiger partial charge in [0.25, 0.3) is 0 Å². The van der Waals surface area contributed by atoms with E-state index in [9.17, 15) is 4.79 Å². The smallest absolute Gasteiger partial charge is 0.242 e. The van der Waals surface area contributed by atoms with Gasteiger partial charge in [-0.1, -0.05) is 29.3 Å². The maximum Gasteiger partial charge on any atom is 0.242 e. The second-order valence-corrected chi connectivity index (χ2v) is 5.20. The summed E-state index contributed by atoms with van der Waals surface area (Å²) in [4.78, 5) is 13.6. The Morgan fingerprint density at radius 1 is 1.45 bits per heavy atom. The molecule has 0 saturated carbocycles. The van der Waals surface area contributed by atoms with Gasteiger partial charge in [0, 0.05) is 24.2 Å². The number of carbonyl (C=O) groups excluding carboxylic acids is 1. The van der Waals surface area contributed by atoms with Crippen LogP contribution in [0, 0.1) is 0 Å². The Bertz CT molecular complexity index is 457. The second kappa shape index (κ2) is 8.70. The van der Waals surface area contributed by atoms with E-state index in [1.807, 2.05) is 6.92 Å². The molecule has 0 aliphatic rings. The molecular weight excluding hydrogens is 323 g/mol. The minimum atomic E-state index is -0.677. The zero-order chi connectivity index (χ0) is 14.6. The normalized spacial score (nSPS) is 13.3. The van der Waals surface area contributed by atoms with E-state index in [1.165, 1.54) is 7.11 Å². The molecule has 2 atom stereocenters. The molecule has 2 N–H and O–H groups in total. The zero-order valence-electron chi connectivity index (χ0n) is 11.6. The molecule has 1 aromatic carbocycles. The molecular formula is C13H19Cl3N2O2. The zero-order valence-corrected chi connectivity index (χ0v) is 13.9. The lowest BCUT2D eigenvalue weighted by molar-refractivity contribution is -0.134. The number of nitrogens with two attached hydrogens (primary N) is 1. The van der Waals surface area contributed by atoms with Gasteiger partial charge in [0.05, 0.1) is 12.6 Å². The lowest BCUT2D eigenvalue weighted by atomic mass is 10.1. The third kappa shape index (κ3) is 4.79. The van der Waals surface area contributed by atoms with Crippen molar-refractivity contribution in [3.05, 3.63) is 33.8 Å². The van der Waals surface area contributed by atoms with Gasteiger partial charge in [-0.05, 0) is 24.6 Å². The Balaban J connectivity index is 0.00000361. The van der Waals surface area contributed by atoms with E-state index in [-0.39, 0.29) is 31.0 Å².